The summed E-state index contributed by atoms with van der Waals surface area (Å²) < 4.78 is 10.6. The van der Waals surface area contributed by atoms with Crippen molar-refractivity contribution in [3.05, 3.63) is 59.7 Å². The first-order valence-electron chi connectivity index (χ1n) is 12.4. The molecule has 2 aromatic carbocycles. The lowest BCUT2D eigenvalue weighted by Gasteiger charge is -2.38. The minimum absolute atomic E-state index is 0.111. The van der Waals surface area contributed by atoms with E-state index in [2.05, 4.69) is 10.6 Å². The molecule has 1 aliphatic rings. The fourth-order valence-electron chi connectivity index (χ4n) is 4.99. The smallest absolute Gasteiger partial charge is 0.408 e. The first-order chi connectivity index (χ1) is 16.8. The van der Waals surface area contributed by atoms with E-state index >= 15 is 0 Å². The van der Waals surface area contributed by atoms with Crippen molar-refractivity contribution in [2.24, 2.45) is 5.92 Å². The summed E-state index contributed by atoms with van der Waals surface area (Å²) in [5.74, 6) is -0.889. The Balaban J connectivity index is 2.14. The van der Waals surface area contributed by atoms with Gasteiger partial charge in [0.1, 0.15) is 16.7 Å². The Morgan fingerprint density at radius 3 is 1.86 bits per heavy atom. The molecular weight excluding hydrogens is 456 g/mol. The molecule has 0 saturated carbocycles. The number of benzene rings is 2. The molecule has 0 fully saturated rings. The number of rotatable bonds is 6. The van der Waals surface area contributed by atoms with Gasteiger partial charge in [-0.05, 0) is 62.3 Å². The Labute approximate surface area is 213 Å². The first kappa shape index (κ1) is 27.2. The van der Waals surface area contributed by atoms with Crippen LogP contribution in [-0.4, -0.2) is 41.8 Å². The van der Waals surface area contributed by atoms with E-state index in [1.54, 1.807) is 27.7 Å². The molecule has 7 heteroatoms. The van der Waals surface area contributed by atoms with E-state index in [9.17, 15) is 14.4 Å². The van der Waals surface area contributed by atoms with Gasteiger partial charge in [-0.2, -0.15) is 0 Å². The van der Waals surface area contributed by atoms with E-state index in [1.165, 1.54) is 7.11 Å². The summed E-state index contributed by atoms with van der Waals surface area (Å²) in [4.78, 5) is 40.1. The molecule has 2 N–H and O–H groups in total. The molecule has 1 aliphatic carbocycles. The average molecular weight is 495 g/mol. The van der Waals surface area contributed by atoms with Crippen LogP contribution in [0.3, 0.4) is 0 Å². The number of amides is 2. The molecule has 2 amide bonds. The maximum Gasteiger partial charge on any atom is 0.408 e. The number of nitrogens with one attached hydrogen (secondary N) is 2. The van der Waals surface area contributed by atoms with Crippen molar-refractivity contribution in [3.63, 3.8) is 0 Å². The van der Waals surface area contributed by atoms with Gasteiger partial charge in [0, 0.05) is 12.8 Å². The third-order valence-electron chi connectivity index (χ3n) is 6.33. The Bertz CT molecular complexity index is 1090. The summed E-state index contributed by atoms with van der Waals surface area (Å²) >= 11 is 0. The van der Waals surface area contributed by atoms with Crippen LogP contribution in [0.2, 0.25) is 0 Å². The monoisotopic (exact) mass is 494 g/mol. The van der Waals surface area contributed by atoms with Crippen molar-refractivity contribution in [1.29, 1.82) is 0 Å². The van der Waals surface area contributed by atoms with Gasteiger partial charge in [0.15, 0.2) is 0 Å². The molecule has 194 valence electrons. The van der Waals surface area contributed by atoms with Crippen LogP contribution in [0.1, 0.15) is 59.1 Å². The van der Waals surface area contributed by atoms with E-state index in [0.717, 1.165) is 22.3 Å². The normalized spacial score (nSPS) is 16.0. The molecule has 0 spiro atoms. The third-order valence-corrected chi connectivity index (χ3v) is 6.33. The number of hydrogen-bond donors (Lipinski definition) is 2. The van der Waals surface area contributed by atoms with Gasteiger partial charge in [-0.15, -0.1) is 0 Å². The van der Waals surface area contributed by atoms with Crippen LogP contribution in [0.25, 0.3) is 11.1 Å². The standard InChI is InChI=1S/C29H38N2O5/c1-19(2)16-28(6,25(33)35-7)30-24(32)29(31-26(34)36-27(3,4)5)17-20-12-8-10-14-22(20)23-15-11-9-13-21(23)18-29/h8-15,19H,16-18H2,1-7H3,(H,30,32)(H,31,34)/t28-/m0/s1. The maximum atomic E-state index is 14.2. The Kier molecular flexibility index (Phi) is 7.82. The van der Waals surface area contributed by atoms with Gasteiger partial charge in [-0.3, -0.25) is 4.79 Å². The quantitative estimate of drug-likeness (QED) is 0.562. The van der Waals surface area contributed by atoms with E-state index in [-0.39, 0.29) is 18.8 Å². The molecular formula is C29H38N2O5. The van der Waals surface area contributed by atoms with Crippen LogP contribution in [0, 0.1) is 5.92 Å². The van der Waals surface area contributed by atoms with Crippen molar-refractivity contribution in [3.8, 4) is 11.1 Å². The highest BCUT2D eigenvalue weighted by Gasteiger charge is 2.48. The lowest BCUT2D eigenvalue weighted by atomic mass is 9.83. The average Bonchev–Trinajstić information content (AvgIpc) is 2.91. The van der Waals surface area contributed by atoms with Crippen molar-refractivity contribution < 1.29 is 23.9 Å². The molecule has 2 aromatic rings. The van der Waals surface area contributed by atoms with Crippen LogP contribution < -0.4 is 10.6 Å². The number of carbonyl (C=O) groups is 3. The summed E-state index contributed by atoms with van der Waals surface area (Å²) in [7, 11) is 1.31. The third kappa shape index (κ3) is 6.07. The SMILES string of the molecule is COC(=O)[C@](C)(CC(C)C)NC(=O)C1(NC(=O)OC(C)(C)C)Cc2ccccc2-c2ccccc2C1. The highest BCUT2D eigenvalue weighted by atomic mass is 16.6. The van der Waals surface area contributed by atoms with Gasteiger partial charge < -0.3 is 20.1 Å². The van der Waals surface area contributed by atoms with Crippen LogP contribution in [-0.2, 0) is 31.9 Å². The second kappa shape index (κ2) is 10.3. The van der Waals surface area contributed by atoms with E-state index in [0.29, 0.717) is 6.42 Å². The predicted molar refractivity (Wildman–Crippen MR) is 139 cm³/mol. The van der Waals surface area contributed by atoms with E-state index in [4.69, 9.17) is 9.47 Å². The van der Waals surface area contributed by atoms with Crippen molar-refractivity contribution in [2.45, 2.75) is 77.5 Å². The Hall–Kier alpha value is -3.35. The number of esters is 1. The zero-order valence-corrected chi connectivity index (χ0v) is 22.4. The lowest BCUT2D eigenvalue weighted by molar-refractivity contribution is -0.152. The second-order valence-electron chi connectivity index (χ2n) is 11.3. The summed E-state index contributed by atoms with van der Waals surface area (Å²) in [6.07, 6.45) is 0.128. The Morgan fingerprint density at radius 1 is 0.917 bits per heavy atom. The minimum Gasteiger partial charge on any atom is -0.467 e. The zero-order valence-electron chi connectivity index (χ0n) is 22.4. The highest BCUT2D eigenvalue weighted by Crippen LogP contribution is 2.37. The number of ether oxygens (including phenoxy) is 2. The summed E-state index contributed by atoms with van der Waals surface area (Å²) in [6, 6.07) is 15.7. The van der Waals surface area contributed by atoms with Gasteiger partial charge >= 0.3 is 12.1 Å². The molecule has 0 saturated heterocycles. The molecule has 36 heavy (non-hydrogen) atoms. The van der Waals surface area contributed by atoms with Crippen LogP contribution >= 0.6 is 0 Å². The van der Waals surface area contributed by atoms with Gasteiger partial charge in [-0.1, -0.05) is 62.4 Å². The van der Waals surface area contributed by atoms with Gasteiger partial charge in [0.25, 0.3) is 0 Å². The van der Waals surface area contributed by atoms with E-state index in [1.807, 2.05) is 62.4 Å². The van der Waals surface area contributed by atoms with Crippen molar-refractivity contribution in [2.75, 3.05) is 7.11 Å². The van der Waals surface area contributed by atoms with Gasteiger partial charge in [0.05, 0.1) is 7.11 Å². The van der Waals surface area contributed by atoms with E-state index < -0.39 is 34.6 Å². The molecule has 7 nitrogen and oxygen atoms in total. The first-order valence-corrected chi connectivity index (χ1v) is 12.4. The van der Waals surface area contributed by atoms with Crippen molar-refractivity contribution in [1.82, 2.24) is 10.6 Å². The second-order valence-corrected chi connectivity index (χ2v) is 11.3. The fraction of sp³-hybridized carbons (Fsp3) is 0.483. The van der Waals surface area contributed by atoms with Crippen molar-refractivity contribution >= 4 is 18.0 Å². The van der Waals surface area contributed by atoms with Gasteiger partial charge in [-0.25, -0.2) is 9.59 Å². The lowest BCUT2D eigenvalue weighted by Crippen LogP contribution is -2.66. The largest absolute Gasteiger partial charge is 0.467 e. The molecule has 0 aliphatic heterocycles. The minimum atomic E-state index is -1.41. The van der Waals surface area contributed by atoms with Gasteiger partial charge in [0.2, 0.25) is 5.91 Å². The van der Waals surface area contributed by atoms with Crippen LogP contribution in [0.4, 0.5) is 4.79 Å². The molecule has 1 atom stereocenters. The molecule has 3 rings (SSSR count). The summed E-state index contributed by atoms with van der Waals surface area (Å²) in [5.41, 5.74) is 0.416. The predicted octanol–water partition coefficient (Wildman–Crippen LogP) is 4.81. The molecule has 0 radical (unpaired) electrons. The molecule has 0 bridgehead atoms. The number of methoxy groups -OCH3 is 1. The molecule has 0 unspecified atom stereocenters. The van der Waals surface area contributed by atoms with Crippen LogP contribution in [0.15, 0.2) is 48.5 Å². The van der Waals surface area contributed by atoms with Crippen LogP contribution in [0.5, 0.6) is 0 Å². The topological polar surface area (TPSA) is 93.7 Å². The summed E-state index contributed by atoms with van der Waals surface area (Å²) in [6.45, 7) is 10.9. The fourth-order valence-corrected chi connectivity index (χ4v) is 4.99. The maximum absolute atomic E-state index is 14.2. The number of fused-ring (bicyclic) bond motifs is 3. The summed E-state index contributed by atoms with van der Waals surface area (Å²) in [5, 5.41) is 5.88. The number of hydrogen-bond acceptors (Lipinski definition) is 5. The Morgan fingerprint density at radius 2 is 1.42 bits per heavy atom. The highest BCUT2D eigenvalue weighted by molar-refractivity contribution is 5.96. The molecule has 0 heterocycles. The zero-order chi connectivity index (χ0) is 26.7. The molecule has 0 aromatic heterocycles. The number of alkyl carbamates (subject to hydrolysis) is 1. The number of carbonyl (C=O) groups excluding carboxylic acids is 3.